The van der Waals surface area contributed by atoms with E-state index in [0.717, 1.165) is 23.9 Å². The zero-order valence-electron chi connectivity index (χ0n) is 8.34. The third-order valence-electron chi connectivity index (χ3n) is 3.23. The molecule has 2 saturated carbocycles. The van der Waals surface area contributed by atoms with Crippen LogP contribution in [0, 0.1) is 11.8 Å². The molecule has 70 valence electrons. The fourth-order valence-corrected chi connectivity index (χ4v) is 2.67. The van der Waals surface area contributed by atoms with E-state index in [-0.39, 0.29) is 0 Å². The topological polar surface area (TPSA) is 12.0 Å². The lowest BCUT2D eigenvalue weighted by atomic mass is 9.80. The summed E-state index contributed by atoms with van der Waals surface area (Å²) >= 11 is 0. The first-order chi connectivity index (χ1) is 5.74. The molecule has 0 unspecified atom stereocenters. The van der Waals surface area contributed by atoms with Gasteiger partial charge in [-0.05, 0) is 43.9 Å². The lowest BCUT2D eigenvalue weighted by Gasteiger charge is -2.32. The van der Waals surface area contributed by atoms with Crippen LogP contribution in [-0.4, -0.2) is 12.1 Å². The molecule has 2 atom stereocenters. The first-order valence-electron chi connectivity index (χ1n) is 5.50. The third-order valence-corrected chi connectivity index (χ3v) is 3.23. The van der Waals surface area contributed by atoms with Crippen LogP contribution in [0.25, 0.3) is 0 Å². The van der Waals surface area contributed by atoms with Crippen molar-refractivity contribution >= 4 is 0 Å². The highest BCUT2D eigenvalue weighted by Crippen LogP contribution is 2.30. The summed E-state index contributed by atoms with van der Waals surface area (Å²) in [6, 6.07) is 1.74. The van der Waals surface area contributed by atoms with E-state index in [1.165, 1.54) is 32.1 Å². The predicted molar refractivity (Wildman–Crippen MR) is 52.1 cm³/mol. The minimum absolute atomic E-state index is 0.844. The van der Waals surface area contributed by atoms with Gasteiger partial charge in [-0.15, -0.1) is 0 Å². The molecule has 0 aromatic carbocycles. The van der Waals surface area contributed by atoms with Crippen LogP contribution in [-0.2, 0) is 0 Å². The summed E-state index contributed by atoms with van der Waals surface area (Å²) in [7, 11) is 0. The first-order valence-corrected chi connectivity index (χ1v) is 5.50. The van der Waals surface area contributed by atoms with Crippen LogP contribution in [0.2, 0.25) is 0 Å². The number of hydrogen-bond donors (Lipinski definition) is 1. The Bertz CT molecular complexity index is 138. The zero-order chi connectivity index (χ0) is 8.55. The molecule has 2 aliphatic rings. The van der Waals surface area contributed by atoms with Gasteiger partial charge >= 0.3 is 0 Å². The minimum atomic E-state index is 0.844. The van der Waals surface area contributed by atoms with Gasteiger partial charge in [-0.25, -0.2) is 0 Å². The smallest absolute Gasteiger partial charge is 0.00747 e. The second kappa shape index (κ2) is 3.37. The molecule has 0 amide bonds. The minimum Gasteiger partial charge on any atom is -0.311 e. The summed E-state index contributed by atoms with van der Waals surface area (Å²) in [5, 5.41) is 3.75. The Balaban J connectivity index is 1.79. The summed E-state index contributed by atoms with van der Waals surface area (Å²) in [6.07, 6.45) is 7.14. The van der Waals surface area contributed by atoms with Crippen molar-refractivity contribution in [2.24, 2.45) is 11.8 Å². The van der Waals surface area contributed by atoms with E-state index in [4.69, 9.17) is 0 Å². The van der Waals surface area contributed by atoms with E-state index in [0.29, 0.717) is 0 Å². The average molecular weight is 167 g/mol. The summed E-state index contributed by atoms with van der Waals surface area (Å²) in [6.45, 7) is 4.80. The number of hydrogen-bond acceptors (Lipinski definition) is 1. The van der Waals surface area contributed by atoms with Crippen molar-refractivity contribution in [1.29, 1.82) is 0 Å². The molecular formula is C11H21N. The molecule has 0 bridgehead atoms. The number of nitrogens with one attached hydrogen (secondary N) is 1. The lowest BCUT2D eigenvalue weighted by molar-refractivity contribution is 0.238. The monoisotopic (exact) mass is 167 g/mol. The third kappa shape index (κ3) is 2.22. The van der Waals surface area contributed by atoms with E-state index >= 15 is 0 Å². The van der Waals surface area contributed by atoms with Gasteiger partial charge < -0.3 is 5.32 Å². The van der Waals surface area contributed by atoms with Crippen LogP contribution in [0.15, 0.2) is 0 Å². The normalized spacial score (nSPS) is 43.0. The van der Waals surface area contributed by atoms with E-state index in [2.05, 4.69) is 19.2 Å². The average Bonchev–Trinajstić information content (AvgIpc) is 2.68. The molecule has 0 heterocycles. The van der Waals surface area contributed by atoms with E-state index in [9.17, 15) is 0 Å². The molecule has 0 aromatic heterocycles. The Hall–Kier alpha value is -0.0400. The fourth-order valence-electron chi connectivity index (χ4n) is 2.67. The van der Waals surface area contributed by atoms with E-state index in [1.54, 1.807) is 0 Å². The molecule has 2 rings (SSSR count). The molecule has 0 aromatic rings. The quantitative estimate of drug-likeness (QED) is 0.666. The maximum atomic E-state index is 3.75. The molecule has 0 saturated heterocycles. The second-order valence-electron chi connectivity index (χ2n) is 5.06. The van der Waals surface area contributed by atoms with Gasteiger partial charge in [-0.2, -0.15) is 0 Å². The van der Waals surface area contributed by atoms with Crippen molar-refractivity contribution < 1.29 is 0 Å². The Labute approximate surface area is 75.9 Å². The van der Waals surface area contributed by atoms with Gasteiger partial charge in [0.2, 0.25) is 0 Å². The molecule has 0 aliphatic heterocycles. The highest BCUT2D eigenvalue weighted by atomic mass is 15.0. The van der Waals surface area contributed by atoms with Crippen LogP contribution in [0.1, 0.15) is 46.0 Å². The van der Waals surface area contributed by atoms with Crippen molar-refractivity contribution in [2.45, 2.75) is 58.0 Å². The van der Waals surface area contributed by atoms with Gasteiger partial charge in [-0.1, -0.05) is 13.8 Å². The van der Waals surface area contributed by atoms with Crippen molar-refractivity contribution in [3.8, 4) is 0 Å². The van der Waals surface area contributed by atoms with Crippen molar-refractivity contribution in [3.63, 3.8) is 0 Å². The van der Waals surface area contributed by atoms with Gasteiger partial charge in [-0.3, -0.25) is 0 Å². The Morgan fingerprint density at radius 2 is 1.42 bits per heavy atom. The molecule has 0 radical (unpaired) electrons. The largest absolute Gasteiger partial charge is 0.311 e. The van der Waals surface area contributed by atoms with Gasteiger partial charge in [0.1, 0.15) is 0 Å². The van der Waals surface area contributed by atoms with Crippen LogP contribution in [0.4, 0.5) is 0 Å². The molecule has 12 heavy (non-hydrogen) atoms. The van der Waals surface area contributed by atoms with Crippen molar-refractivity contribution in [3.05, 3.63) is 0 Å². The SMILES string of the molecule is C[C@H]1CC(NC2CC2)C[C@H](C)C1. The van der Waals surface area contributed by atoms with Gasteiger partial charge in [0, 0.05) is 12.1 Å². The van der Waals surface area contributed by atoms with Gasteiger partial charge in [0.25, 0.3) is 0 Å². The highest BCUT2D eigenvalue weighted by molar-refractivity contribution is 4.88. The standard InChI is InChI=1S/C11H21N/c1-8-5-9(2)7-11(6-8)12-10-3-4-10/h8-12H,3-7H2,1-2H3/t8-,9-/m1/s1. The van der Waals surface area contributed by atoms with Crippen LogP contribution in [0.3, 0.4) is 0 Å². The highest BCUT2D eigenvalue weighted by Gasteiger charge is 2.29. The molecule has 1 N–H and O–H groups in total. The van der Waals surface area contributed by atoms with Crippen LogP contribution in [0.5, 0.6) is 0 Å². The van der Waals surface area contributed by atoms with Crippen molar-refractivity contribution in [1.82, 2.24) is 5.32 Å². The van der Waals surface area contributed by atoms with Crippen molar-refractivity contribution in [2.75, 3.05) is 0 Å². The van der Waals surface area contributed by atoms with E-state index in [1.807, 2.05) is 0 Å². The molecule has 1 heteroatoms. The van der Waals surface area contributed by atoms with Gasteiger partial charge in [0.05, 0.1) is 0 Å². The molecule has 2 fully saturated rings. The van der Waals surface area contributed by atoms with Crippen LogP contribution < -0.4 is 5.32 Å². The number of rotatable bonds is 2. The lowest BCUT2D eigenvalue weighted by Crippen LogP contribution is -2.37. The zero-order valence-corrected chi connectivity index (χ0v) is 8.34. The predicted octanol–water partition coefficient (Wildman–Crippen LogP) is 2.56. The summed E-state index contributed by atoms with van der Waals surface area (Å²) in [5.41, 5.74) is 0. The fraction of sp³-hybridized carbons (Fsp3) is 1.00. The first kappa shape index (κ1) is 8.55. The van der Waals surface area contributed by atoms with Gasteiger partial charge in [0.15, 0.2) is 0 Å². The molecular weight excluding hydrogens is 146 g/mol. The molecule has 0 spiro atoms. The second-order valence-corrected chi connectivity index (χ2v) is 5.06. The summed E-state index contributed by atoms with van der Waals surface area (Å²) in [5.74, 6) is 1.90. The Morgan fingerprint density at radius 1 is 0.833 bits per heavy atom. The summed E-state index contributed by atoms with van der Waals surface area (Å²) < 4.78 is 0. The maximum Gasteiger partial charge on any atom is 0.00747 e. The Kier molecular flexibility index (Phi) is 2.40. The van der Waals surface area contributed by atoms with Crippen LogP contribution >= 0.6 is 0 Å². The molecule has 1 nitrogen and oxygen atoms in total. The summed E-state index contributed by atoms with van der Waals surface area (Å²) in [4.78, 5) is 0. The maximum absolute atomic E-state index is 3.75. The Morgan fingerprint density at radius 3 is 1.92 bits per heavy atom. The van der Waals surface area contributed by atoms with E-state index < -0.39 is 0 Å². The molecule has 2 aliphatic carbocycles.